The number of aldehydes is 1. The minimum absolute atomic E-state index is 0.154. The first-order valence-electron chi connectivity index (χ1n) is 5.62. The molecule has 1 heterocycles. The number of likely N-dealkylation sites (tertiary alicyclic amines) is 1. The molecule has 1 aliphatic rings. The molecule has 0 unspecified atom stereocenters. The van der Waals surface area contributed by atoms with Gasteiger partial charge in [0.2, 0.25) is 0 Å². The lowest BCUT2D eigenvalue weighted by atomic mass is 9.86. The van der Waals surface area contributed by atoms with Gasteiger partial charge in [0.05, 0.1) is 6.04 Å². The predicted octanol–water partition coefficient (Wildman–Crippen LogP) is 2.22. The molecule has 0 aliphatic carbocycles. The zero-order chi connectivity index (χ0) is 12.6. The largest absolute Gasteiger partial charge is 0.444 e. The van der Waals surface area contributed by atoms with Crippen LogP contribution in [0.15, 0.2) is 0 Å². The van der Waals surface area contributed by atoms with Gasteiger partial charge in [0.15, 0.2) is 0 Å². The van der Waals surface area contributed by atoms with Crippen molar-refractivity contribution in [2.75, 3.05) is 6.54 Å². The van der Waals surface area contributed by atoms with Gasteiger partial charge >= 0.3 is 6.09 Å². The number of amides is 1. The standard InChI is InChI=1S/C12H21NO3/c1-11(2,3)16-10(15)13-7-6-12(4,5)9(13)8-14/h8-9H,6-7H2,1-5H3/t9-/m1/s1. The van der Waals surface area contributed by atoms with Gasteiger partial charge in [-0.1, -0.05) is 13.8 Å². The van der Waals surface area contributed by atoms with Crippen molar-refractivity contribution in [3.05, 3.63) is 0 Å². The molecule has 0 bridgehead atoms. The van der Waals surface area contributed by atoms with Crippen molar-refractivity contribution in [3.63, 3.8) is 0 Å². The zero-order valence-corrected chi connectivity index (χ0v) is 10.7. The smallest absolute Gasteiger partial charge is 0.410 e. The van der Waals surface area contributed by atoms with Gasteiger partial charge in [0.1, 0.15) is 11.9 Å². The highest BCUT2D eigenvalue weighted by Gasteiger charge is 2.43. The molecule has 4 heteroatoms. The number of carbonyl (C=O) groups excluding carboxylic acids is 2. The lowest BCUT2D eigenvalue weighted by molar-refractivity contribution is -0.113. The van der Waals surface area contributed by atoms with E-state index in [1.807, 2.05) is 34.6 Å². The van der Waals surface area contributed by atoms with Crippen LogP contribution in [0.5, 0.6) is 0 Å². The Morgan fingerprint density at radius 3 is 2.44 bits per heavy atom. The van der Waals surface area contributed by atoms with E-state index < -0.39 is 11.7 Å². The lowest BCUT2D eigenvalue weighted by Crippen LogP contribution is -2.44. The summed E-state index contributed by atoms with van der Waals surface area (Å²) in [6, 6.07) is -0.373. The van der Waals surface area contributed by atoms with E-state index in [4.69, 9.17) is 4.74 Å². The van der Waals surface area contributed by atoms with Crippen molar-refractivity contribution in [1.82, 2.24) is 4.90 Å². The Morgan fingerprint density at radius 1 is 1.44 bits per heavy atom. The summed E-state index contributed by atoms with van der Waals surface area (Å²) in [6.07, 6.45) is 1.28. The van der Waals surface area contributed by atoms with Crippen LogP contribution in [-0.4, -0.2) is 35.5 Å². The zero-order valence-electron chi connectivity index (χ0n) is 10.7. The Labute approximate surface area is 96.9 Å². The summed E-state index contributed by atoms with van der Waals surface area (Å²) >= 11 is 0. The van der Waals surface area contributed by atoms with Gasteiger partial charge in [-0.2, -0.15) is 0 Å². The fourth-order valence-corrected chi connectivity index (χ4v) is 1.90. The van der Waals surface area contributed by atoms with Crippen LogP contribution >= 0.6 is 0 Å². The van der Waals surface area contributed by atoms with E-state index in [1.165, 1.54) is 4.90 Å². The van der Waals surface area contributed by atoms with Crippen LogP contribution in [0.1, 0.15) is 41.0 Å². The summed E-state index contributed by atoms with van der Waals surface area (Å²) in [4.78, 5) is 24.4. The molecule has 1 atom stereocenters. The minimum atomic E-state index is -0.517. The quantitative estimate of drug-likeness (QED) is 0.645. The molecule has 0 spiro atoms. The van der Waals surface area contributed by atoms with E-state index in [0.29, 0.717) is 6.54 Å². The van der Waals surface area contributed by atoms with Gasteiger partial charge in [0.25, 0.3) is 0 Å². The Hall–Kier alpha value is -1.06. The molecule has 0 aromatic heterocycles. The Morgan fingerprint density at radius 2 is 2.00 bits per heavy atom. The molecule has 0 aromatic rings. The van der Waals surface area contributed by atoms with Gasteiger partial charge in [-0.05, 0) is 32.6 Å². The summed E-state index contributed by atoms with van der Waals surface area (Å²) in [5, 5.41) is 0. The van der Waals surface area contributed by atoms with E-state index in [-0.39, 0.29) is 11.5 Å². The van der Waals surface area contributed by atoms with Crippen molar-refractivity contribution in [3.8, 4) is 0 Å². The second-order valence-corrected chi connectivity index (χ2v) is 5.99. The molecule has 1 saturated heterocycles. The first kappa shape index (κ1) is 13.0. The fourth-order valence-electron chi connectivity index (χ4n) is 1.90. The molecule has 1 fully saturated rings. The molecule has 92 valence electrons. The van der Waals surface area contributed by atoms with E-state index in [0.717, 1.165) is 12.7 Å². The molecule has 0 radical (unpaired) electrons. The number of ether oxygens (including phenoxy) is 1. The topological polar surface area (TPSA) is 46.6 Å². The molecule has 0 aromatic carbocycles. The van der Waals surface area contributed by atoms with Crippen molar-refractivity contribution in [1.29, 1.82) is 0 Å². The average Bonchev–Trinajstić information content (AvgIpc) is 2.37. The van der Waals surface area contributed by atoms with Gasteiger partial charge in [-0.25, -0.2) is 4.79 Å². The van der Waals surface area contributed by atoms with Crippen LogP contribution in [0.2, 0.25) is 0 Å². The van der Waals surface area contributed by atoms with Crippen LogP contribution in [0.3, 0.4) is 0 Å². The normalized spacial score (nSPS) is 24.3. The second-order valence-electron chi connectivity index (χ2n) is 5.99. The van der Waals surface area contributed by atoms with Crippen LogP contribution in [-0.2, 0) is 9.53 Å². The van der Waals surface area contributed by atoms with Crippen LogP contribution in [0, 0.1) is 5.41 Å². The Kier molecular flexibility index (Phi) is 3.31. The highest BCUT2D eigenvalue weighted by Crippen LogP contribution is 2.35. The van der Waals surface area contributed by atoms with Crippen molar-refractivity contribution >= 4 is 12.4 Å². The Bertz CT molecular complexity index is 291. The highest BCUT2D eigenvalue weighted by molar-refractivity contribution is 5.75. The summed E-state index contributed by atoms with van der Waals surface area (Å²) in [7, 11) is 0. The van der Waals surface area contributed by atoms with Crippen LogP contribution in [0.4, 0.5) is 4.79 Å². The lowest BCUT2D eigenvalue weighted by Gasteiger charge is -2.30. The molecular weight excluding hydrogens is 206 g/mol. The number of rotatable bonds is 1. The summed E-state index contributed by atoms with van der Waals surface area (Å²) < 4.78 is 5.28. The van der Waals surface area contributed by atoms with Crippen molar-refractivity contribution < 1.29 is 14.3 Å². The third-order valence-corrected chi connectivity index (χ3v) is 2.89. The van der Waals surface area contributed by atoms with E-state index in [2.05, 4.69) is 0 Å². The molecule has 0 N–H and O–H groups in total. The van der Waals surface area contributed by atoms with Crippen LogP contribution in [0.25, 0.3) is 0 Å². The molecule has 1 amide bonds. The summed E-state index contributed by atoms with van der Waals surface area (Å²) in [6.45, 7) is 10.0. The molecule has 1 rings (SSSR count). The number of hydrogen-bond donors (Lipinski definition) is 0. The van der Waals surface area contributed by atoms with Gasteiger partial charge in [-0.15, -0.1) is 0 Å². The maximum Gasteiger partial charge on any atom is 0.410 e. The maximum atomic E-state index is 11.9. The first-order chi connectivity index (χ1) is 7.17. The van der Waals surface area contributed by atoms with E-state index in [1.54, 1.807) is 0 Å². The number of carbonyl (C=O) groups is 2. The van der Waals surface area contributed by atoms with Crippen molar-refractivity contribution in [2.24, 2.45) is 5.41 Å². The number of nitrogens with zero attached hydrogens (tertiary/aromatic N) is 1. The molecular formula is C12H21NO3. The predicted molar refractivity (Wildman–Crippen MR) is 61.2 cm³/mol. The van der Waals surface area contributed by atoms with Gasteiger partial charge in [0, 0.05) is 6.54 Å². The first-order valence-corrected chi connectivity index (χ1v) is 5.62. The average molecular weight is 227 g/mol. The molecule has 16 heavy (non-hydrogen) atoms. The Balaban J connectivity index is 2.75. The molecule has 1 aliphatic heterocycles. The van der Waals surface area contributed by atoms with E-state index >= 15 is 0 Å². The van der Waals surface area contributed by atoms with Gasteiger partial charge in [-0.3, -0.25) is 4.90 Å². The third-order valence-electron chi connectivity index (χ3n) is 2.89. The minimum Gasteiger partial charge on any atom is -0.444 e. The maximum absolute atomic E-state index is 11.9. The third kappa shape index (κ3) is 2.74. The molecule has 0 saturated carbocycles. The highest BCUT2D eigenvalue weighted by atomic mass is 16.6. The van der Waals surface area contributed by atoms with Crippen LogP contribution < -0.4 is 0 Å². The van der Waals surface area contributed by atoms with E-state index in [9.17, 15) is 9.59 Å². The fraction of sp³-hybridized carbons (Fsp3) is 0.833. The summed E-state index contributed by atoms with van der Waals surface area (Å²) in [5.41, 5.74) is -0.671. The van der Waals surface area contributed by atoms with Crippen molar-refractivity contribution in [2.45, 2.75) is 52.7 Å². The monoisotopic (exact) mass is 227 g/mol. The number of hydrogen-bond acceptors (Lipinski definition) is 3. The SMILES string of the molecule is CC(C)(C)OC(=O)N1CCC(C)(C)[C@H]1C=O. The van der Waals surface area contributed by atoms with Gasteiger partial charge < -0.3 is 9.53 Å². The second kappa shape index (κ2) is 4.07. The summed E-state index contributed by atoms with van der Waals surface area (Å²) in [5.74, 6) is 0. The molecule has 4 nitrogen and oxygen atoms in total.